The summed E-state index contributed by atoms with van der Waals surface area (Å²) in [7, 11) is 0. The fourth-order valence-corrected chi connectivity index (χ4v) is 0.338. The molecule has 0 aliphatic rings. The number of thiol groups is 1. The lowest BCUT2D eigenvalue weighted by molar-refractivity contribution is 0.370. The van der Waals surface area contributed by atoms with Crippen LogP contribution in [0.25, 0.3) is 0 Å². The molecule has 38 valence electrons. The van der Waals surface area contributed by atoms with Gasteiger partial charge in [0, 0.05) is 0 Å². The molecule has 0 aromatic carbocycles. The monoisotopic (exact) mass is 106 g/mol. The van der Waals surface area contributed by atoms with Gasteiger partial charge in [-0.1, -0.05) is 13.3 Å². The zero-order valence-electron chi connectivity index (χ0n) is 3.98. The van der Waals surface area contributed by atoms with Crippen LogP contribution in [0.1, 0.15) is 19.8 Å². The molecule has 6 heavy (non-hydrogen) atoms. The third-order valence-corrected chi connectivity index (χ3v) is 0.772. The van der Waals surface area contributed by atoms with Gasteiger partial charge in [-0.15, -0.1) is 0 Å². The molecule has 0 amide bonds. The van der Waals surface area contributed by atoms with Crippen LogP contribution in [0.2, 0.25) is 0 Å². The Labute approximate surface area is 44.3 Å². The lowest BCUT2D eigenvalue weighted by atomic mass is 10.4. The Balaban J connectivity index is 2.34. The average Bonchev–Trinajstić information content (AvgIpc) is 1.61. The summed E-state index contributed by atoms with van der Waals surface area (Å²) in [6, 6.07) is 0. The number of rotatable bonds is 3. The Morgan fingerprint density at radius 2 is 2.33 bits per heavy atom. The summed E-state index contributed by atoms with van der Waals surface area (Å²) in [5, 5.41) is 0. The smallest absolute Gasteiger partial charge is 0.0610 e. The van der Waals surface area contributed by atoms with E-state index >= 15 is 0 Å². The molecule has 0 aromatic rings. The van der Waals surface area contributed by atoms with E-state index < -0.39 is 0 Å². The molecule has 0 aliphatic carbocycles. The van der Waals surface area contributed by atoms with Gasteiger partial charge >= 0.3 is 0 Å². The van der Waals surface area contributed by atoms with Crippen LogP contribution in [-0.4, -0.2) is 6.61 Å². The second-order valence-corrected chi connectivity index (χ2v) is 1.44. The van der Waals surface area contributed by atoms with Crippen molar-refractivity contribution in [2.45, 2.75) is 19.8 Å². The van der Waals surface area contributed by atoms with Crippen LogP contribution in [0.4, 0.5) is 0 Å². The van der Waals surface area contributed by atoms with Gasteiger partial charge in [-0.2, -0.15) is 0 Å². The van der Waals surface area contributed by atoms with Crippen LogP contribution in [0.3, 0.4) is 0 Å². The molecule has 2 heteroatoms. The maximum absolute atomic E-state index is 4.48. The summed E-state index contributed by atoms with van der Waals surface area (Å²) < 4.78 is 4.48. The van der Waals surface area contributed by atoms with Gasteiger partial charge in [-0.3, -0.25) is 0 Å². The fraction of sp³-hybridized carbons (Fsp3) is 1.00. The van der Waals surface area contributed by atoms with E-state index in [2.05, 4.69) is 24.0 Å². The van der Waals surface area contributed by atoms with Crippen LogP contribution in [-0.2, 0) is 4.18 Å². The highest BCUT2D eigenvalue weighted by Crippen LogP contribution is 1.87. The molecule has 0 heterocycles. The molecule has 0 bridgehead atoms. The normalized spacial score (nSPS) is 9.00. The zero-order chi connectivity index (χ0) is 4.83. The van der Waals surface area contributed by atoms with E-state index in [1.54, 1.807) is 0 Å². The van der Waals surface area contributed by atoms with Crippen molar-refractivity contribution in [3.05, 3.63) is 0 Å². The summed E-state index contributed by atoms with van der Waals surface area (Å²) in [4.78, 5) is 0. The van der Waals surface area contributed by atoms with E-state index in [1.807, 2.05) is 0 Å². The standard InChI is InChI=1S/C4H10OS/c1-2-3-4-5-6/h6H,2-4H2,1H3. The van der Waals surface area contributed by atoms with Gasteiger partial charge < -0.3 is 4.18 Å². The minimum Gasteiger partial charge on any atom is -0.319 e. The predicted molar refractivity (Wildman–Crippen MR) is 29.8 cm³/mol. The molecular weight excluding hydrogens is 96.1 g/mol. The van der Waals surface area contributed by atoms with Crippen molar-refractivity contribution in [1.29, 1.82) is 0 Å². The molecule has 0 saturated carbocycles. The molecule has 1 nitrogen and oxygen atoms in total. The number of hydrogen-bond acceptors (Lipinski definition) is 2. The second kappa shape index (κ2) is 5.31. The van der Waals surface area contributed by atoms with Crippen molar-refractivity contribution < 1.29 is 4.18 Å². The first kappa shape index (κ1) is 6.31. The molecule has 0 rings (SSSR count). The molecule has 0 aliphatic heterocycles. The predicted octanol–water partition coefficient (Wildman–Crippen LogP) is 1.65. The highest BCUT2D eigenvalue weighted by molar-refractivity contribution is 7.75. The SMILES string of the molecule is CCCCOS. The van der Waals surface area contributed by atoms with E-state index in [4.69, 9.17) is 0 Å². The maximum atomic E-state index is 4.48. The van der Waals surface area contributed by atoms with Gasteiger partial charge in [0.25, 0.3) is 0 Å². The van der Waals surface area contributed by atoms with Crippen LogP contribution in [0.5, 0.6) is 0 Å². The van der Waals surface area contributed by atoms with E-state index in [-0.39, 0.29) is 0 Å². The molecule has 0 spiro atoms. The lowest BCUT2D eigenvalue weighted by Gasteiger charge is -1.87. The first-order chi connectivity index (χ1) is 2.91. The Morgan fingerprint density at radius 3 is 2.50 bits per heavy atom. The molecule has 0 atom stereocenters. The van der Waals surface area contributed by atoms with Crippen LogP contribution in [0, 0.1) is 0 Å². The van der Waals surface area contributed by atoms with E-state index in [1.165, 1.54) is 6.42 Å². The summed E-state index contributed by atoms with van der Waals surface area (Å²) in [6.07, 6.45) is 2.30. The molecule has 0 N–H and O–H groups in total. The minimum absolute atomic E-state index is 0.777. The van der Waals surface area contributed by atoms with Crippen LogP contribution >= 0.6 is 12.9 Å². The second-order valence-electron chi connectivity index (χ2n) is 1.19. The first-order valence-corrected chi connectivity index (χ1v) is 2.54. The molecular formula is C4H10OS. The summed E-state index contributed by atoms with van der Waals surface area (Å²) in [5.41, 5.74) is 0. The highest BCUT2D eigenvalue weighted by Gasteiger charge is 1.75. The van der Waals surface area contributed by atoms with Gasteiger partial charge in [-0.25, -0.2) is 0 Å². The van der Waals surface area contributed by atoms with Crippen molar-refractivity contribution in [1.82, 2.24) is 0 Å². The Bertz CT molecular complexity index is 19.5. The van der Waals surface area contributed by atoms with Gasteiger partial charge in [-0.05, 0) is 19.3 Å². The molecule has 0 saturated heterocycles. The van der Waals surface area contributed by atoms with Crippen molar-refractivity contribution in [3.63, 3.8) is 0 Å². The number of unbranched alkanes of at least 4 members (excludes halogenated alkanes) is 1. The third kappa shape index (κ3) is 4.31. The van der Waals surface area contributed by atoms with Gasteiger partial charge in [0.2, 0.25) is 0 Å². The Hall–Kier alpha value is 0.310. The third-order valence-electron chi connectivity index (χ3n) is 0.589. The Kier molecular flexibility index (Phi) is 5.58. The summed E-state index contributed by atoms with van der Waals surface area (Å²) in [5.74, 6) is 0. The Morgan fingerprint density at radius 1 is 1.67 bits per heavy atom. The van der Waals surface area contributed by atoms with Crippen LogP contribution in [0.15, 0.2) is 0 Å². The van der Waals surface area contributed by atoms with Crippen molar-refractivity contribution in [2.75, 3.05) is 6.61 Å². The van der Waals surface area contributed by atoms with Crippen molar-refractivity contribution in [3.8, 4) is 0 Å². The average molecular weight is 106 g/mol. The van der Waals surface area contributed by atoms with Gasteiger partial charge in [0.15, 0.2) is 0 Å². The first-order valence-electron chi connectivity index (χ1n) is 2.18. The topological polar surface area (TPSA) is 9.23 Å². The largest absolute Gasteiger partial charge is 0.319 e. The molecule has 0 radical (unpaired) electrons. The van der Waals surface area contributed by atoms with Crippen molar-refractivity contribution in [2.24, 2.45) is 0 Å². The summed E-state index contributed by atoms with van der Waals surface area (Å²) >= 11 is 3.55. The van der Waals surface area contributed by atoms with E-state index in [0.29, 0.717) is 0 Å². The quantitative estimate of drug-likeness (QED) is 0.327. The van der Waals surface area contributed by atoms with Crippen LogP contribution < -0.4 is 0 Å². The highest BCUT2D eigenvalue weighted by atomic mass is 32.1. The van der Waals surface area contributed by atoms with Gasteiger partial charge in [0.05, 0.1) is 6.61 Å². The fourth-order valence-electron chi connectivity index (χ4n) is 0.209. The minimum atomic E-state index is 0.777. The number of hydrogen-bond donors (Lipinski definition) is 1. The van der Waals surface area contributed by atoms with E-state index in [9.17, 15) is 0 Å². The van der Waals surface area contributed by atoms with Crippen molar-refractivity contribution >= 4 is 12.9 Å². The zero-order valence-corrected chi connectivity index (χ0v) is 4.87. The van der Waals surface area contributed by atoms with E-state index in [0.717, 1.165) is 13.0 Å². The molecule has 0 aromatic heterocycles. The molecule has 0 unspecified atom stereocenters. The molecule has 0 fully saturated rings. The summed E-state index contributed by atoms with van der Waals surface area (Å²) in [6.45, 7) is 2.90. The maximum Gasteiger partial charge on any atom is 0.0610 e. The van der Waals surface area contributed by atoms with Gasteiger partial charge in [0.1, 0.15) is 0 Å². The lowest BCUT2D eigenvalue weighted by Crippen LogP contribution is -1.79.